The minimum absolute atomic E-state index is 0.338. The fourth-order valence-electron chi connectivity index (χ4n) is 2.30. The summed E-state index contributed by atoms with van der Waals surface area (Å²) in [5.41, 5.74) is 5.40. The fraction of sp³-hybridized carbons (Fsp3) is 0.917. The van der Waals surface area contributed by atoms with Crippen molar-refractivity contribution in [3.8, 4) is 0 Å². The van der Waals surface area contributed by atoms with Gasteiger partial charge in [0.1, 0.15) is 0 Å². The van der Waals surface area contributed by atoms with Crippen molar-refractivity contribution in [3.05, 3.63) is 0 Å². The van der Waals surface area contributed by atoms with Crippen LogP contribution in [0.25, 0.3) is 0 Å². The van der Waals surface area contributed by atoms with Crippen molar-refractivity contribution in [1.29, 1.82) is 0 Å². The smallest absolute Gasteiger partial charge is 0.234 e. The summed E-state index contributed by atoms with van der Waals surface area (Å²) < 4.78 is 10.2. The van der Waals surface area contributed by atoms with Crippen molar-refractivity contribution in [2.75, 3.05) is 14.2 Å². The van der Waals surface area contributed by atoms with E-state index in [2.05, 4.69) is 5.32 Å². The molecule has 1 amide bonds. The quantitative estimate of drug-likeness (QED) is 0.649. The molecule has 0 aromatic carbocycles. The lowest BCUT2D eigenvalue weighted by Crippen LogP contribution is -2.49. The highest BCUT2D eigenvalue weighted by molar-refractivity contribution is 5.79. The average Bonchev–Trinajstić information content (AvgIpc) is 2.35. The molecule has 0 aromatic rings. The molecule has 1 unspecified atom stereocenters. The van der Waals surface area contributed by atoms with Crippen molar-refractivity contribution >= 4 is 5.91 Å². The maximum absolute atomic E-state index is 11.4. The molecule has 3 N–H and O–H groups in total. The van der Waals surface area contributed by atoms with Crippen LogP contribution in [0.3, 0.4) is 0 Å². The standard InChI is InChI=1S/C12H24N2O3/c1-16-11(17-2)8-10(12(13)15)14-9-6-4-3-5-7-9/h9-11,14H,3-8H2,1-2H3,(H2,13,15). The van der Waals surface area contributed by atoms with E-state index in [9.17, 15) is 4.79 Å². The van der Waals surface area contributed by atoms with E-state index in [4.69, 9.17) is 15.2 Å². The number of hydrogen-bond donors (Lipinski definition) is 2. The number of carbonyl (C=O) groups is 1. The summed E-state index contributed by atoms with van der Waals surface area (Å²) in [6.45, 7) is 0. The van der Waals surface area contributed by atoms with Gasteiger partial charge in [0, 0.05) is 26.7 Å². The van der Waals surface area contributed by atoms with E-state index in [1.165, 1.54) is 19.3 Å². The molecule has 1 aliphatic rings. The van der Waals surface area contributed by atoms with E-state index >= 15 is 0 Å². The minimum atomic E-state index is -0.386. The van der Waals surface area contributed by atoms with Gasteiger partial charge in [-0.2, -0.15) is 0 Å². The Labute approximate surface area is 103 Å². The summed E-state index contributed by atoms with van der Waals surface area (Å²) >= 11 is 0. The van der Waals surface area contributed by atoms with Crippen molar-refractivity contribution in [2.45, 2.75) is 56.9 Å². The maximum Gasteiger partial charge on any atom is 0.234 e. The van der Waals surface area contributed by atoms with Crippen LogP contribution in [0.2, 0.25) is 0 Å². The van der Waals surface area contributed by atoms with E-state index in [1.54, 1.807) is 14.2 Å². The fourth-order valence-corrected chi connectivity index (χ4v) is 2.30. The zero-order valence-electron chi connectivity index (χ0n) is 10.8. The summed E-state index contributed by atoms with van der Waals surface area (Å²) in [5, 5.41) is 3.32. The van der Waals surface area contributed by atoms with Crippen LogP contribution < -0.4 is 11.1 Å². The Bertz CT molecular complexity index is 226. The molecule has 1 atom stereocenters. The Morgan fingerprint density at radius 1 is 1.29 bits per heavy atom. The molecular weight excluding hydrogens is 220 g/mol. The van der Waals surface area contributed by atoms with Crippen LogP contribution in [-0.2, 0) is 14.3 Å². The van der Waals surface area contributed by atoms with Gasteiger partial charge in [-0.1, -0.05) is 19.3 Å². The molecule has 17 heavy (non-hydrogen) atoms. The molecule has 1 saturated carbocycles. The zero-order valence-corrected chi connectivity index (χ0v) is 10.8. The zero-order chi connectivity index (χ0) is 12.7. The second-order valence-electron chi connectivity index (χ2n) is 4.59. The molecule has 5 nitrogen and oxygen atoms in total. The van der Waals surface area contributed by atoms with Crippen LogP contribution in [-0.4, -0.2) is 38.5 Å². The van der Waals surface area contributed by atoms with Crippen LogP contribution in [0.5, 0.6) is 0 Å². The summed E-state index contributed by atoms with van der Waals surface area (Å²) in [6, 6.07) is 0.0265. The van der Waals surface area contributed by atoms with Gasteiger partial charge in [-0.3, -0.25) is 4.79 Å². The lowest BCUT2D eigenvalue weighted by Gasteiger charge is -2.28. The average molecular weight is 244 g/mol. The SMILES string of the molecule is COC(CC(NC1CCCCC1)C(N)=O)OC. The molecule has 0 spiro atoms. The van der Waals surface area contributed by atoms with Gasteiger partial charge in [0.25, 0.3) is 0 Å². The summed E-state index contributed by atoms with van der Waals surface area (Å²) in [4.78, 5) is 11.4. The minimum Gasteiger partial charge on any atom is -0.368 e. The highest BCUT2D eigenvalue weighted by Gasteiger charge is 2.24. The predicted octanol–water partition coefficient (Wildman–Crippen LogP) is 0.772. The molecule has 5 heteroatoms. The molecule has 0 saturated heterocycles. The number of ether oxygens (including phenoxy) is 2. The van der Waals surface area contributed by atoms with Gasteiger partial charge in [0.15, 0.2) is 6.29 Å². The molecule has 1 aliphatic carbocycles. The first kappa shape index (κ1) is 14.4. The molecule has 1 fully saturated rings. The number of rotatable bonds is 7. The van der Waals surface area contributed by atoms with Crippen LogP contribution in [0.4, 0.5) is 0 Å². The summed E-state index contributed by atoms with van der Waals surface area (Å²) in [7, 11) is 3.12. The highest BCUT2D eigenvalue weighted by Crippen LogP contribution is 2.18. The molecule has 0 heterocycles. The number of amides is 1. The Balaban J connectivity index is 2.44. The van der Waals surface area contributed by atoms with E-state index in [0.29, 0.717) is 12.5 Å². The van der Waals surface area contributed by atoms with E-state index in [0.717, 1.165) is 12.8 Å². The van der Waals surface area contributed by atoms with Gasteiger partial charge < -0.3 is 20.5 Å². The van der Waals surface area contributed by atoms with Gasteiger partial charge in [-0.05, 0) is 12.8 Å². The maximum atomic E-state index is 11.4. The van der Waals surface area contributed by atoms with Gasteiger partial charge in [-0.15, -0.1) is 0 Å². The summed E-state index contributed by atoms with van der Waals surface area (Å²) in [5.74, 6) is -0.338. The molecule has 0 aromatic heterocycles. The first-order chi connectivity index (χ1) is 8.17. The first-order valence-corrected chi connectivity index (χ1v) is 6.28. The molecule has 0 radical (unpaired) electrons. The second-order valence-corrected chi connectivity index (χ2v) is 4.59. The van der Waals surface area contributed by atoms with Crippen molar-refractivity contribution in [3.63, 3.8) is 0 Å². The van der Waals surface area contributed by atoms with Gasteiger partial charge in [0.05, 0.1) is 6.04 Å². The number of hydrogen-bond acceptors (Lipinski definition) is 4. The monoisotopic (exact) mass is 244 g/mol. The van der Waals surface area contributed by atoms with E-state index < -0.39 is 0 Å². The molecule has 0 aliphatic heterocycles. The van der Waals surface area contributed by atoms with Crippen LogP contribution >= 0.6 is 0 Å². The lowest BCUT2D eigenvalue weighted by atomic mass is 9.94. The lowest BCUT2D eigenvalue weighted by molar-refractivity contribution is -0.131. The van der Waals surface area contributed by atoms with Crippen molar-refractivity contribution in [2.24, 2.45) is 5.73 Å². The Morgan fingerprint density at radius 3 is 2.35 bits per heavy atom. The topological polar surface area (TPSA) is 73.6 Å². The van der Waals surface area contributed by atoms with Crippen molar-refractivity contribution in [1.82, 2.24) is 5.32 Å². The van der Waals surface area contributed by atoms with Gasteiger partial charge in [0.2, 0.25) is 5.91 Å². The highest BCUT2D eigenvalue weighted by atomic mass is 16.7. The number of carbonyl (C=O) groups excluding carboxylic acids is 1. The summed E-state index contributed by atoms with van der Waals surface area (Å²) in [6.07, 6.45) is 6.05. The Hall–Kier alpha value is -0.650. The Morgan fingerprint density at radius 2 is 1.88 bits per heavy atom. The normalized spacial score (nSPS) is 19.5. The number of primary amides is 1. The number of nitrogens with one attached hydrogen (secondary N) is 1. The van der Waals surface area contributed by atoms with Gasteiger partial charge >= 0.3 is 0 Å². The number of nitrogens with two attached hydrogens (primary N) is 1. The molecule has 100 valence electrons. The van der Waals surface area contributed by atoms with Crippen LogP contribution in [0, 0.1) is 0 Å². The third-order valence-corrected chi connectivity index (χ3v) is 3.34. The molecule has 0 bridgehead atoms. The van der Waals surface area contributed by atoms with Crippen LogP contribution in [0.15, 0.2) is 0 Å². The van der Waals surface area contributed by atoms with Gasteiger partial charge in [-0.25, -0.2) is 0 Å². The largest absolute Gasteiger partial charge is 0.368 e. The van der Waals surface area contributed by atoms with E-state index in [1.807, 2.05) is 0 Å². The molecule has 1 rings (SSSR count). The van der Waals surface area contributed by atoms with Crippen molar-refractivity contribution < 1.29 is 14.3 Å². The number of methoxy groups -OCH3 is 2. The van der Waals surface area contributed by atoms with Crippen LogP contribution in [0.1, 0.15) is 38.5 Å². The molecular formula is C12H24N2O3. The Kier molecular flexibility index (Phi) is 6.47. The predicted molar refractivity (Wildman–Crippen MR) is 65.4 cm³/mol. The second kappa shape index (κ2) is 7.63. The van der Waals surface area contributed by atoms with E-state index in [-0.39, 0.29) is 18.2 Å². The third kappa shape index (κ3) is 5.02. The first-order valence-electron chi connectivity index (χ1n) is 6.28. The third-order valence-electron chi connectivity index (χ3n) is 3.34.